The van der Waals surface area contributed by atoms with E-state index in [0.717, 1.165) is 5.56 Å². The summed E-state index contributed by atoms with van der Waals surface area (Å²) in [6, 6.07) is 15.9. The second kappa shape index (κ2) is 7.08. The van der Waals surface area contributed by atoms with Gasteiger partial charge in [-0.15, -0.1) is 0 Å². The molecule has 0 aliphatic heterocycles. The predicted molar refractivity (Wildman–Crippen MR) is 88.5 cm³/mol. The Balaban J connectivity index is 1.65. The van der Waals surface area contributed by atoms with Crippen LogP contribution in [0.3, 0.4) is 0 Å². The lowest BCUT2D eigenvalue weighted by atomic mass is 10.2. The van der Waals surface area contributed by atoms with Crippen LogP contribution in [-0.4, -0.2) is 22.8 Å². The molecule has 0 aliphatic rings. The molecule has 2 aromatic carbocycles. The van der Waals surface area contributed by atoms with Crippen molar-refractivity contribution in [3.05, 3.63) is 77.9 Å². The molecule has 3 aromatic rings. The molecule has 0 saturated heterocycles. The fourth-order valence-corrected chi connectivity index (χ4v) is 2.36. The van der Waals surface area contributed by atoms with Gasteiger partial charge in [-0.3, -0.25) is 4.79 Å². The van der Waals surface area contributed by atoms with Gasteiger partial charge in [-0.25, -0.2) is 9.37 Å². The van der Waals surface area contributed by atoms with Gasteiger partial charge in [-0.1, -0.05) is 36.4 Å². The van der Waals surface area contributed by atoms with Crippen molar-refractivity contribution in [3.8, 4) is 11.5 Å². The summed E-state index contributed by atoms with van der Waals surface area (Å²) in [5, 5.41) is 0. The van der Waals surface area contributed by atoms with E-state index in [1.165, 1.54) is 17.2 Å². The van der Waals surface area contributed by atoms with Crippen LogP contribution in [0.15, 0.2) is 65.3 Å². The normalized spacial score (nSPS) is 10.6. The molecule has 0 radical (unpaired) electrons. The number of halogens is 1. The molecule has 122 valence electrons. The number of nitrogens with zero attached hydrogens (tertiary/aromatic N) is 2. The zero-order valence-corrected chi connectivity index (χ0v) is 13.3. The Morgan fingerprint density at radius 2 is 1.83 bits per heavy atom. The minimum atomic E-state index is -0.315. The van der Waals surface area contributed by atoms with Crippen LogP contribution in [0, 0.1) is 5.82 Å². The molecule has 0 saturated carbocycles. The Morgan fingerprint density at radius 3 is 2.58 bits per heavy atom. The summed E-state index contributed by atoms with van der Waals surface area (Å²) in [7, 11) is 1.65. The van der Waals surface area contributed by atoms with E-state index < -0.39 is 0 Å². The van der Waals surface area contributed by atoms with E-state index in [2.05, 4.69) is 4.98 Å². The highest BCUT2D eigenvalue weighted by molar-refractivity contribution is 5.78. The highest BCUT2D eigenvalue weighted by Gasteiger charge is 2.15. The molecule has 1 amide bonds. The maximum Gasteiger partial charge on any atom is 0.228 e. The van der Waals surface area contributed by atoms with Crippen LogP contribution in [0.2, 0.25) is 0 Å². The van der Waals surface area contributed by atoms with Gasteiger partial charge >= 0.3 is 0 Å². The van der Waals surface area contributed by atoms with E-state index in [0.29, 0.717) is 17.1 Å². The van der Waals surface area contributed by atoms with Crippen molar-refractivity contribution in [2.45, 2.75) is 13.0 Å². The van der Waals surface area contributed by atoms with Crippen LogP contribution in [0.25, 0.3) is 11.5 Å². The van der Waals surface area contributed by atoms with Crippen molar-refractivity contribution >= 4 is 5.91 Å². The molecule has 3 rings (SSSR count). The van der Waals surface area contributed by atoms with E-state index in [1.807, 2.05) is 30.3 Å². The summed E-state index contributed by atoms with van der Waals surface area (Å²) in [5.41, 5.74) is 1.90. The van der Waals surface area contributed by atoms with E-state index in [4.69, 9.17) is 4.42 Å². The molecule has 0 unspecified atom stereocenters. The molecule has 0 bridgehead atoms. The standard InChI is InChI=1S/C19H17FN2O2/c1-22(12-15-9-5-6-10-17(15)20)18(23)11-16-13-24-19(21-16)14-7-3-2-4-8-14/h2-10,13H,11-12H2,1H3. The second-order valence-corrected chi connectivity index (χ2v) is 5.53. The number of hydrogen-bond donors (Lipinski definition) is 0. The van der Waals surface area contributed by atoms with Crippen molar-refractivity contribution in [2.75, 3.05) is 7.05 Å². The maximum absolute atomic E-state index is 13.7. The highest BCUT2D eigenvalue weighted by Crippen LogP contribution is 2.18. The van der Waals surface area contributed by atoms with Gasteiger partial charge in [-0.2, -0.15) is 0 Å². The van der Waals surface area contributed by atoms with Crippen molar-refractivity contribution in [1.82, 2.24) is 9.88 Å². The van der Waals surface area contributed by atoms with Gasteiger partial charge in [0.05, 0.1) is 12.1 Å². The first kappa shape index (κ1) is 15.9. The lowest BCUT2D eigenvalue weighted by molar-refractivity contribution is -0.129. The number of rotatable bonds is 5. The number of amides is 1. The Morgan fingerprint density at radius 1 is 1.12 bits per heavy atom. The SMILES string of the molecule is CN(Cc1ccccc1F)C(=O)Cc1coc(-c2ccccc2)n1. The first-order valence-corrected chi connectivity index (χ1v) is 7.60. The van der Waals surface area contributed by atoms with E-state index in [-0.39, 0.29) is 24.7 Å². The zero-order chi connectivity index (χ0) is 16.9. The van der Waals surface area contributed by atoms with Crippen LogP contribution < -0.4 is 0 Å². The Bertz CT molecular complexity index is 830. The number of likely N-dealkylation sites (N-methyl/N-ethyl adjacent to an activating group) is 1. The monoisotopic (exact) mass is 324 g/mol. The minimum Gasteiger partial charge on any atom is -0.444 e. The number of carbonyl (C=O) groups excluding carboxylic acids is 1. The minimum absolute atomic E-state index is 0.112. The molecule has 4 nitrogen and oxygen atoms in total. The average Bonchev–Trinajstić information content (AvgIpc) is 3.06. The van der Waals surface area contributed by atoms with Gasteiger partial charge in [0.25, 0.3) is 0 Å². The number of carbonyl (C=O) groups is 1. The smallest absolute Gasteiger partial charge is 0.228 e. The molecule has 1 heterocycles. The third-order valence-electron chi connectivity index (χ3n) is 3.70. The molecule has 0 atom stereocenters. The average molecular weight is 324 g/mol. The van der Waals surface area contributed by atoms with Gasteiger partial charge in [0.1, 0.15) is 12.1 Å². The van der Waals surface area contributed by atoms with Crippen molar-refractivity contribution in [3.63, 3.8) is 0 Å². The number of aromatic nitrogens is 1. The predicted octanol–water partition coefficient (Wildman–Crippen LogP) is 3.68. The van der Waals surface area contributed by atoms with Gasteiger partial charge < -0.3 is 9.32 Å². The van der Waals surface area contributed by atoms with Crippen molar-refractivity contribution < 1.29 is 13.6 Å². The topological polar surface area (TPSA) is 46.3 Å². The first-order valence-electron chi connectivity index (χ1n) is 7.60. The third-order valence-corrected chi connectivity index (χ3v) is 3.70. The molecule has 0 spiro atoms. The van der Waals surface area contributed by atoms with E-state index in [1.54, 1.807) is 25.2 Å². The summed E-state index contributed by atoms with van der Waals surface area (Å²) < 4.78 is 19.1. The number of benzene rings is 2. The van der Waals surface area contributed by atoms with Gasteiger partial charge in [0.2, 0.25) is 11.8 Å². The van der Waals surface area contributed by atoms with Crippen LogP contribution in [-0.2, 0) is 17.8 Å². The van der Waals surface area contributed by atoms with Gasteiger partial charge in [0.15, 0.2) is 0 Å². The molecule has 0 aliphatic carbocycles. The fraction of sp³-hybridized carbons (Fsp3) is 0.158. The number of oxazole rings is 1. The van der Waals surface area contributed by atoms with Crippen LogP contribution in [0.1, 0.15) is 11.3 Å². The van der Waals surface area contributed by atoms with Crippen LogP contribution in [0.5, 0.6) is 0 Å². The fourth-order valence-electron chi connectivity index (χ4n) is 2.36. The molecular weight excluding hydrogens is 307 g/mol. The lowest BCUT2D eigenvalue weighted by Crippen LogP contribution is -2.28. The van der Waals surface area contributed by atoms with Crippen molar-refractivity contribution in [2.24, 2.45) is 0 Å². The quantitative estimate of drug-likeness (QED) is 0.719. The summed E-state index contributed by atoms with van der Waals surface area (Å²) in [5.74, 6) is 0.0197. The number of hydrogen-bond acceptors (Lipinski definition) is 3. The van der Waals surface area contributed by atoms with Gasteiger partial charge in [0, 0.05) is 24.7 Å². The Kier molecular flexibility index (Phi) is 4.70. The molecule has 0 N–H and O–H groups in total. The summed E-state index contributed by atoms with van der Waals surface area (Å²) in [6.07, 6.45) is 1.60. The van der Waals surface area contributed by atoms with Crippen LogP contribution >= 0.6 is 0 Å². The molecule has 24 heavy (non-hydrogen) atoms. The molecular formula is C19H17FN2O2. The van der Waals surface area contributed by atoms with Gasteiger partial charge in [-0.05, 0) is 18.2 Å². The largest absolute Gasteiger partial charge is 0.444 e. The zero-order valence-electron chi connectivity index (χ0n) is 13.3. The van der Waals surface area contributed by atoms with Crippen molar-refractivity contribution in [1.29, 1.82) is 0 Å². The molecule has 0 fully saturated rings. The Hall–Kier alpha value is -2.95. The summed E-state index contributed by atoms with van der Waals surface area (Å²) >= 11 is 0. The second-order valence-electron chi connectivity index (χ2n) is 5.53. The Labute approximate surface area is 139 Å². The van der Waals surface area contributed by atoms with E-state index >= 15 is 0 Å². The molecule has 5 heteroatoms. The third kappa shape index (κ3) is 3.68. The highest BCUT2D eigenvalue weighted by atomic mass is 19.1. The summed E-state index contributed by atoms with van der Waals surface area (Å²) in [6.45, 7) is 0.217. The van der Waals surface area contributed by atoms with E-state index in [9.17, 15) is 9.18 Å². The lowest BCUT2D eigenvalue weighted by Gasteiger charge is -2.17. The molecule has 1 aromatic heterocycles. The summed E-state index contributed by atoms with van der Waals surface area (Å²) in [4.78, 5) is 18.1. The first-order chi connectivity index (χ1) is 11.6. The van der Waals surface area contributed by atoms with Crippen LogP contribution in [0.4, 0.5) is 4.39 Å². The maximum atomic E-state index is 13.7.